The number of amides is 2. The maximum absolute atomic E-state index is 14.0. The van der Waals surface area contributed by atoms with E-state index >= 15 is 0 Å². The molecule has 1 aromatic heterocycles. The van der Waals surface area contributed by atoms with Crippen LogP contribution in [0.3, 0.4) is 0 Å². The minimum atomic E-state index is -0.473. The van der Waals surface area contributed by atoms with E-state index in [2.05, 4.69) is 15.7 Å². The first-order chi connectivity index (χ1) is 17.9. The van der Waals surface area contributed by atoms with E-state index in [1.807, 2.05) is 0 Å². The third kappa shape index (κ3) is 5.20. The zero-order chi connectivity index (χ0) is 25.9. The summed E-state index contributed by atoms with van der Waals surface area (Å²) in [6, 6.07) is 19.0. The van der Waals surface area contributed by atoms with Crippen molar-refractivity contribution in [2.45, 2.75) is 31.7 Å². The fraction of sp³-hybridized carbons (Fsp3) is 0.179. The van der Waals surface area contributed by atoms with Crippen molar-refractivity contribution in [3.05, 3.63) is 100 Å². The van der Waals surface area contributed by atoms with Crippen LogP contribution in [0.5, 0.6) is 5.75 Å². The molecule has 0 radical (unpaired) electrons. The van der Waals surface area contributed by atoms with Gasteiger partial charge in [0.25, 0.3) is 5.91 Å². The average Bonchev–Trinajstić information content (AvgIpc) is 3.27. The molecule has 2 amide bonds. The predicted octanol–water partition coefficient (Wildman–Crippen LogP) is 6.33. The van der Waals surface area contributed by atoms with Gasteiger partial charge in [-0.1, -0.05) is 48.4 Å². The van der Waals surface area contributed by atoms with Crippen LogP contribution in [0.1, 0.15) is 46.8 Å². The van der Waals surface area contributed by atoms with E-state index in [4.69, 9.17) is 11.6 Å². The van der Waals surface area contributed by atoms with Gasteiger partial charge in [-0.2, -0.15) is 9.78 Å². The number of phenols is 1. The maximum atomic E-state index is 14.0. The highest BCUT2D eigenvalue weighted by Crippen LogP contribution is 2.39. The second-order valence-corrected chi connectivity index (χ2v) is 9.32. The molecule has 4 aromatic rings. The molecule has 7 nitrogen and oxygen atoms in total. The van der Waals surface area contributed by atoms with Gasteiger partial charge in [0.1, 0.15) is 11.6 Å². The van der Waals surface area contributed by atoms with E-state index in [9.17, 15) is 19.1 Å². The van der Waals surface area contributed by atoms with Crippen LogP contribution in [0.25, 0.3) is 11.3 Å². The lowest BCUT2D eigenvalue weighted by molar-refractivity contribution is 0.102. The van der Waals surface area contributed by atoms with Gasteiger partial charge in [-0.3, -0.25) is 4.79 Å². The SMILES string of the molecule is O=C(Nc1ccc(-c2cc(C3CCC3)n(C(=O)NCc3ccccc3F)n2)c(O)c1)c1ccccc1Cl. The number of aromatic hydroxyl groups is 1. The van der Waals surface area contributed by atoms with Gasteiger partial charge in [0.2, 0.25) is 0 Å². The number of hydrogen-bond donors (Lipinski definition) is 3. The molecule has 1 aliphatic rings. The van der Waals surface area contributed by atoms with Crippen molar-refractivity contribution in [2.24, 2.45) is 0 Å². The van der Waals surface area contributed by atoms with Gasteiger partial charge in [-0.25, -0.2) is 9.18 Å². The summed E-state index contributed by atoms with van der Waals surface area (Å²) in [5.41, 5.74) is 2.65. The molecule has 0 aliphatic heterocycles. The highest BCUT2D eigenvalue weighted by atomic mass is 35.5. The van der Waals surface area contributed by atoms with Crippen molar-refractivity contribution in [3.63, 3.8) is 0 Å². The van der Waals surface area contributed by atoms with Gasteiger partial charge in [-0.15, -0.1) is 0 Å². The molecular weight excluding hydrogens is 495 g/mol. The lowest BCUT2D eigenvalue weighted by Gasteiger charge is -2.25. The second kappa shape index (κ2) is 10.4. The molecule has 0 spiro atoms. The Balaban J connectivity index is 1.37. The number of halogens is 2. The zero-order valence-corrected chi connectivity index (χ0v) is 20.5. The molecule has 188 valence electrons. The first kappa shape index (κ1) is 24.5. The highest BCUT2D eigenvalue weighted by Gasteiger charge is 2.27. The lowest BCUT2D eigenvalue weighted by Crippen LogP contribution is -2.31. The number of phenolic OH excluding ortho intramolecular Hbond substituents is 1. The number of carbonyl (C=O) groups excluding carboxylic acids is 2. The van der Waals surface area contributed by atoms with E-state index in [0.29, 0.717) is 33.1 Å². The Morgan fingerprint density at radius 3 is 2.51 bits per heavy atom. The summed E-state index contributed by atoms with van der Waals surface area (Å²) in [5.74, 6) is -0.721. The number of rotatable bonds is 6. The predicted molar refractivity (Wildman–Crippen MR) is 139 cm³/mol. The summed E-state index contributed by atoms with van der Waals surface area (Å²) in [5, 5.41) is 21.0. The molecule has 1 fully saturated rings. The van der Waals surface area contributed by atoms with Crippen LogP contribution in [0.15, 0.2) is 72.8 Å². The van der Waals surface area contributed by atoms with Crippen LogP contribution in [0, 0.1) is 5.82 Å². The van der Waals surface area contributed by atoms with Crippen LogP contribution in [-0.4, -0.2) is 26.8 Å². The summed E-state index contributed by atoms with van der Waals surface area (Å²) in [6.45, 7) is 0.0237. The molecule has 0 atom stereocenters. The van der Waals surface area contributed by atoms with Crippen LogP contribution >= 0.6 is 11.6 Å². The van der Waals surface area contributed by atoms with Crippen molar-refractivity contribution < 1.29 is 19.1 Å². The minimum absolute atomic E-state index is 0.0237. The van der Waals surface area contributed by atoms with Crippen LogP contribution in [0.2, 0.25) is 5.02 Å². The Morgan fingerprint density at radius 2 is 1.81 bits per heavy atom. The molecule has 0 unspecified atom stereocenters. The number of nitrogens with zero attached hydrogens (tertiary/aromatic N) is 2. The summed E-state index contributed by atoms with van der Waals surface area (Å²) < 4.78 is 15.3. The van der Waals surface area contributed by atoms with E-state index in [0.717, 1.165) is 25.0 Å². The van der Waals surface area contributed by atoms with Crippen molar-refractivity contribution in [3.8, 4) is 17.0 Å². The average molecular weight is 519 g/mol. The standard InChI is InChI=1S/C28H24ClFN4O3/c29-22-10-3-2-9-20(22)27(36)32-19-12-13-21(26(35)14-19)24-15-25(17-7-5-8-17)34(33-24)28(37)31-16-18-6-1-4-11-23(18)30/h1-4,6,9-15,17,35H,5,7-8,16H2,(H,31,37)(H,32,36). The number of anilines is 1. The Hall–Kier alpha value is -4.17. The van der Waals surface area contributed by atoms with Crippen LogP contribution < -0.4 is 10.6 Å². The molecule has 1 aliphatic carbocycles. The Labute approximate surface area is 217 Å². The topological polar surface area (TPSA) is 96.3 Å². The van der Waals surface area contributed by atoms with Gasteiger partial charge < -0.3 is 15.7 Å². The molecule has 0 bridgehead atoms. The molecule has 3 aromatic carbocycles. The Bertz CT molecular complexity index is 1480. The van der Waals surface area contributed by atoms with Gasteiger partial charge in [-0.05, 0) is 49.2 Å². The number of nitrogens with one attached hydrogen (secondary N) is 2. The summed E-state index contributed by atoms with van der Waals surface area (Å²) in [7, 11) is 0. The quantitative estimate of drug-likeness (QED) is 0.278. The van der Waals surface area contributed by atoms with Crippen molar-refractivity contribution >= 4 is 29.2 Å². The van der Waals surface area contributed by atoms with Crippen molar-refractivity contribution in [1.82, 2.24) is 15.1 Å². The highest BCUT2D eigenvalue weighted by molar-refractivity contribution is 6.34. The fourth-order valence-corrected chi connectivity index (χ4v) is 4.46. The number of benzene rings is 3. The normalized spacial score (nSPS) is 13.1. The van der Waals surface area contributed by atoms with Gasteiger partial charge in [0.15, 0.2) is 0 Å². The number of carbonyl (C=O) groups is 2. The molecule has 37 heavy (non-hydrogen) atoms. The molecule has 0 saturated heterocycles. The van der Waals surface area contributed by atoms with E-state index in [1.165, 1.54) is 16.8 Å². The molecule has 5 rings (SSSR count). The molecule has 9 heteroatoms. The first-order valence-corrected chi connectivity index (χ1v) is 12.3. The molecule has 3 N–H and O–H groups in total. The summed E-state index contributed by atoms with van der Waals surface area (Å²) in [4.78, 5) is 25.6. The van der Waals surface area contributed by atoms with E-state index in [-0.39, 0.29) is 18.2 Å². The summed E-state index contributed by atoms with van der Waals surface area (Å²) in [6.07, 6.45) is 2.93. The lowest BCUT2D eigenvalue weighted by atomic mass is 9.82. The Morgan fingerprint density at radius 1 is 1.05 bits per heavy atom. The largest absolute Gasteiger partial charge is 0.507 e. The smallest absolute Gasteiger partial charge is 0.342 e. The van der Waals surface area contributed by atoms with Crippen molar-refractivity contribution in [1.29, 1.82) is 0 Å². The van der Waals surface area contributed by atoms with Crippen LogP contribution in [-0.2, 0) is 6.54 Å². The molecule has 1 heterocycles. The zero-order valence-electron chi connectivity index (χ0n) is 19.7. The first-order valence-electron chi connectivity index (χ1n) is 11.9. The van der Waals surface area contributed by atoms with Gasteiger partial charge in [0.05, 0.1) is 22.0 Å². The Kier molecular flexibility index (Phi) is 6.92. The van der Waals surface area contributed by atoms with Gasteiger partial charge >= 0.3 is 6.03 Å². The third-order valence-corrected chi connectivity index (χ3v) is 6.82. The molecular formula is C28H24ClFN4O3. The summed E-state index contributed by atoms with van der Waals surface area (Å²) >= 11 is 6.10. The van der Waals surface area contributed by atoms with E-state index < -0.39 is 17.8 Å². The number of aromatic nitrogens is 2. The number of hydrogen-bond acceptors (Lipinski definition) is 4. The monoisotopic (exact) mass is 518 g/mol. The second-order valence-electron chi connectivity index (χ2n) is 8.91. The molecule has 1 saturated carbocycles. The minimum Gasteiger partial charge on any atom is -0.507 e. The maximum Gasteiger partial charge on any atom is 0.342 e. The third-order valence-electron chi connectivity index (χ3n) is 6.49. The van der Waals surface area contributed by atoms with Gasteiger partial charge in [0, 0.05) is 35.3 Å². The van der Waals surface area contributed by atoms with Crippen LogP contribution in [0.4, 0.5) is 14.9 Å². The van der Waals surface area contributed by atoms with Crippen molar-refractivity contribution in [2.75, 3.05) is 5.32 Å². The van der Waals surface area contributed by atoms with E-state index in [1.54, 1.807) is 60.7 Å². The fourth-order valence-electron chi connectivity index (χ4n) is 4.24.